The monoisotopic (exact) mass is 361 g/mol. The van der Waals surface area contributed by atoms with Crippen LogP contribution >= 0.6 is 24.8 Å². The number of piperazine rings is 1. The van der Waals surface area contributed by atoms with Crippen LogP contribution < -0.4 is 5.32 Å². The smallest absolute Gasteiger partial charge is 0.226 e. The summed E-state index contributed by atoms with van der Waals surface area (Å²) in [7, 11) is 1.89. The number of aryl methyl sites for hydroxylation is 1. The Bertz CT molecular complexity index is 477. The van der Waals surface area contributed by atoms with Crippen LogP contribution in [0.4, 0.5) is 0 Å². The van der Waals surface area contributed by atoms with Crippen LogP contribution in [0.15, 0.2) is 24.3 Å². The average Bonchev–Trinajstić information content (AvgIpc) is 2.50. The molecule has 1 N–H and O–H groups in total. The van der Waals surface area contributed by atoms with Crippen molar-refractivity contribution >= 4 is 30.7 Å². The Balaban J connectivity index is 0.00000242. The Morgan fingerprint density at radius 2 is 1.78 bits per heavy atom. The zero-order chi connectivity index (χ0) is 15.2. The molecule has 132 valence electrons. The van der Waals surface area contributed by atoms with E-state index in [-0.39, 0.29) is 36.6 Å². The van der Waals surface area contributed by atoms with Gasteiger partial charge in [0.15, 0.2) is 0 Å². The fraction of sp³-hybridized carbons (Fsp3) is 0.588. The van der Waals surface area contributed by atoms with Gasteiger partial charge in [-0.15, -0.1) is 24.8 Å². The van der Waals surface area contributed by atoms with E-state index in [1.807, 2.05) is 18.9 Å². The summed E-state index contributed by atoms with van der Waals surface area (Å²) in [4.78, 5) is 16.7. The molecular formula is C17H29Cl2N3O. The molecule has 4 nitrogen and oxygen atoms in total. The van der Waals surface area contributed by atoms with Gasteiger partial charge >= 0.3 is 0 Å². The van der Waals surface area contributed by atoms with Crippen molar-refractivity contribution in [1.29, 1.82) is 0 Å². The number of hydrogen-bond donors (Lipinski definition) is 1. The molecule has 0 saturated carbocycles. The summed E-state index contributed by atoms with van der Waals surface area (Å²) in [6.07, 6.45) is 0. The molecule has 1 aliphatic heterocycles. The number of halogens is 2. The fourth-order valence-corrected chi connectivity index (χ4v) is 2.86. The topological polar surface area (TPSA) is 35.6 Å². The van der Waals surface area contributed by atoms with Gasteiger partial charge in [0.05, 0.1) is 0 Å². The molecule has 1 unspecified atom stereocenters. The van der Waals surface area contributed by atoms with Crippen molar-refractivity contribution in [2.75, 3.05) is 39.8 Å². The zero-order valence-corrected chi connectivity index (χ0v) is 15.9. The highest BCUT2D eigenvalue weighted by Crippen LogP contribution is 2.13. The second kappa shape index (κ2) is 10.9. The molecule has 1 amide bonds. The number of carbonyl (C=O) groups excluding carboxylic acids is 1. The first-order valence-electron chi connectivity index (χ1n) is 7.82. The molecule has 0 spiro atoms. The van der Waals surface area contributed by atoms with E-state index in [2.05, 4.69) is 41.4 Å². The number of hydrogen-bond acceptors (Lipinski definition) is 3. The SMILES string of the molecule is CNCC(C)C(=O)N1CCN(Cc2ccccc2C)CC1.Cl.Cl. The number of carbonyl (C=O) groups is 1. The lowest BCUT2D eigenvalue weighted by molar-refractivity contribution is -0.136. The third-order valence-electron chi connectivity index (χ3n) is 4.27. The second-order valence-corrected chi connectivity index (χ2v) is 5.99. The molecule has 23 heavy (non-hydrogen) atoms. The number of benzene rings is 1. The van der Waals surface area contributed by atoms with Gasteiger partial charge in [-0.05, 0) is 25.1 Å². The Hall–Kier alpha value is -0.810. The average molecular weight is 362 g/mol. The number of nitrogens with zero attached hydrogens (tertiary/aromatic N) is 2. The van der Waals surface area contributed by atoms with Crippen LogP contribution in [0.3, 0.4) is 0 Å². The van der Waals surface area contributed by atoms with Crippen molar-refractivity contribution < 1.29 is 4.79 Å². The Labute approximate surface area is 152 Å². The molecule has 0 radical (unpaired) electrons. The molecule has 0 bridgehead atoms. The molecule has 1 aromatic carbocycles. The third-order valence-corrected chi connectivity index (χ3v) is 4.27. The van der Waals surface area contributed by atoms with Crippen LogP contribution in [0.2, 0.25) is 0 Å². The molecule has 1 aromatic rings. The molecule has 0 aliphatic carbocycles. The highest BCUT2D eigenvalue weighted by molar-refractivity contribution is 5.85. The first-order valence-corrected chi connectivity index (χ1v) is 7.82. The first kappa shape index (κ1) is 22.2. The van der Waals surface area contributed by atoms with Gasteiger partial charge in [0.1, 0.15) is 0 Å². The molecule has 0 aromatic heterocycles. The normalized spacial score (nSPS) is 16.2. The van der Waals surface area contributed by atoms with E-state index >= 15 is 0 Å². The largest absolute Gasteiger partial charge is 0.340 e. The summed E-state index contributed by atoms with van der Waals surface area (Å²) in [5, 5.41) is 3.08. The summed E-state index contributed by atoms with van der Waals surface area (Å²) in [5.41, 5.74) is 2.74. The van der Waals surface area contributed by atoms with Crippen LogP contribution in [-0.2, 0) is 11.3 Å². The van der Waals surface area contributed by atoms with Gasteiger partial charge in [0.25, 0.3) is 0 Å². The van der Waals surface area contributed by atoms with Crippen molar-refractivity contribution in [3.63, 3.8) is 0 Å². The highest BCUT2D eigenvalue weighted by Gasteiger charge is 2.24. The number of rotatable bonds is 5. The number of amides is 1. The van der Waals surface area contributed by atoms with Gasteiger partial charge < -0.3 is 10.2 Å². The summed E-state index contributed by atoms with van der Waals surface area (Å²) in [6, 6.07) is 8.54. The second-order valence-electron chi connectivity index (χ2n) is 5.99. The molecule has 1 fully saturated rings. The lowest BCUT2D eigenvalue weighted by Crippen LogP contribution is -2.50. The lowest BCUT2D eigenvalue weighted by Gasteiger charge is -2.36. The highest BCUT2D eigenvalue weighted by atomic mass is 35.5. The molecule has 1 heterocycles. The predicted octanol–water partition coefficient (Wildman–Crippen LogP) is 2.34. The van der Waals surface area contributed by atoms with Gasteiger partial charge in [0, 0.05) is 45.2 Å². The standard InChI is InChI=1S/C17H27N3O.2ClH/c1-14-6-4-5-7-16(14)13-19-8-10-20(11-9-19)17(21)15(2)12-18-3;;/h4-7,15,18H,8-13H2,1-3H3;2*1H. The van der Waals surface area contributed by atoms with Gasteiger partial charge in [-0.1, -0.05) is 31.2 Å². The van der Waals surface area contributed by atoms with E-state index in [0.29, 0.717) is 0 Å². The molecule has 2 rings (SSSR count). The molecule has 1 atom stereocenters. The van der Waals surface area contributed by atoms with Crippen LogP contribution in [0.1, 0.15) is 18.1 Å². The van der Waals surface area contributed by atoms with E-state index in [1.54, 1.807) is 0 Å². The Kier molecular flexibility index (Phi) is 10.5. The summed E-state index contributed by atoms with van der Waals surface area (Å²) < 4.78 is 0. The van der Waals surface area contributed by atoms with Crippen LogP contribution in [0, 0.1) is 12.8 Å². The number of nitrogens with one attached hydrogen (secondary N) is 1. The van der Waals surface area contributed by atoms with Crippen LogP contribution in [0.5, 0.6) is 0 Å². The molecule has 6 heteroatoms. The van der Waals surface area contributed by atoms with E-state index in [4.69, 9.17) is 0 Å². The predicted molar refractivity (Wildman–Crippen MR) is 101 cm³/mol. The molecule has 1 aliphatic rings. The Morgan fingerprint density at radius 1 is 1.17 bits per heavy atom. The summed E-state index contributed by atoms with van der Waals surface area (Å²) in [5.74, 6) is 0.345. The van der Waals surface area contributed by atoms with Crippen molar-refractivity contribution in [1.82, 2.24) is 15.1 Å². The van der Waals surface area contributed by atoms with Crippen molar-refractivity contribution in [3.8, 4) is 0 Å². The molecular weight excluding hydrogens is 333 g/mol. The maximum atomic E-state index is 12.3. The fourth-order valence-electron chi connectivity index (χ4n) is 2.86. The maximum Gasteiger partial charge on any atom is 0.226 e. The Morgan fingerprint density at radius 3 is 2.35 bits per heavy atom. The quantitative estimate of drug-likeness (QED) is 0.874. The van der Waals surface area contributed by atoms with Gasteiger partial charge in [-0.2, -0.15) is 0 Å². The van der Waals surface area contributed by atoms with Crippen molar-refractivity contribution in [3.05, 3.63) is 35.4 Å². The maximum absolute atomic E-state index is 12.3. The molecule has 1 saturated heterocycles. The van der Waals surface area contributed by atoms with Gasteiger partial charge in [-0.25, -0.2) is 0 Å². The van der Waals surface area contributed by atoms with E-state index in [9.17, 15) is 4.79 Å². The van der Waals surface area contributed by atoms with E-state index in [0.717, 1.165) is 39.3 Å². The van der Waals surface area contributed by atoms with Crippen LogP contribution in [-0.4, -0.2) is 55.5 Å². The van der Waals surface area contributed by atoms with E-state index in [1.165, 1.54) is 11.1 Å². The lowest BCUT2D eigenvalue weighted by atomic mass is 10.1. The van der Waals surface area contributed by atoms with E-state index < -0.39 is 0 Å². The summed E-state index contributed by atoms with van der Waals surface area (Å²) in [6.45, 7) is 9.52. The minimum Gasteiger partial charge on any atom is -0.340 e. The zero-order valence-electron chi connectivity index (χ0n) is 14.2. The minimum absolute atomic E-state index is 0. The van der Waals surface area contributed by atoms with Crippen molar-refractivity contribution in [2.24, 2.45) is 5.92 Å². The van der Waals surface area contributed by atoms with Gasteiger partial charge in [-0.3, -0.25) is 9.69 Å². The van der Waals surface area contributed by atoms with Crippen molar-refractivity contribution in [2.45, 2.75) is 20.4 Å². The van der Waals surface area contributed by atoms with Gasteiger partial charge in [0.2, 0.25) is 5.91 Å². The van der Waals surface area contributed by atoms with Crippen LogP contribution in [0.25, 0.3) is 0 Å². The third kappa shape index (κ3) is 6.30. The summed E-state index contributed by atoms with van der Waals surface area (Å²) >= 11 is 0. The first-order chi connectivity index (χ1) is 10.1. The minimum atomic E-state index is 0.